The number of para-hydroxylation sites is 1. The second kappa shape index (κ2) is 11.1. The van der Waals surface area contributed by atoms with Crippen molar-refractivity contribution in [2.75, 3.05) is 50.9 Å². The monoisotopic (exact) mass is 488 g/mol. The van der Waals surface area contributed by atoms with Crippen LogP contribution in [0, 0.1) is 0 Å². The van der Waals surface area contributed by atoms with Crippen molar-refractivity contribution < 1.29 is 9.47 Å². The molecule has 3 rings (SSSR count). The number of halogens is 1. The molecule has 2 aliphatic rings. The van der Waals surface area contributed by atoms with Crippen molar-refractivity contribution in [3.63, 3.8) is 0 Å². The summed E-state index contributed by atoms with van der Waals surface area (Å²) >= 11 is 0. The number of hydrogen-bond donors (Lipinski definition) is 2. The summed E-state index contributed by atoms with van der Waals surface area (Å²) in [6, 6.07) is 8.53. The van der Waals surface area contributed by atoms with Gasteiger partial charge in [0.05, 0.1) is 25.4 Å². The zero-order valence-corrected chi connectivity index (χ0v) is 18.8. The first kappa shape index (κ1) is 22.2. The number of ether oxygens (including phenoxy) is 2. The molecule has 6 nitrogen and oxygen atoms in total. The third-order valence-electron chi connectivity index (χ3n) is 5.03. The third kappa shape index (κ3) is 6.50. The van der Waals surface area contributed by atoms with E-state index in [1.54, 1.807) is 0 Å². The van der Waals surface area contributed by atoms with Crippen molar-refractivity contribution in [1.82, 2.24) is 10.6 Å². The van der Waals surface area contributed by atoms with Gasteiger partial charge in [-0.05, 0) is 38.3 Å². The van der Waals surface area contributed by atoms with Crippen molar-refractivity contribution in [3.05, 3.63) is 29.8 Å². The Labute approximate surface area is 180 Å². The molecule has 1 atom stereocenters. The molecule has 0 aliphatic carbocycles. The highest BCUT2D eigenvalue weighted by atomic mass is 127. The van der Waals surface area contributed by atoms with Gasteiger partial charge < -0.3 is 25.0 Å². The predicted octanol–water partition coefficient (Wildman–Crippen LogP) is 2.77. The summed E-state index contributed by atoms with van der Waals surface area (Å²) in [6.07, 6.45) is 2.23. The average molecular weight is 488 g/mol. The van der Waals surface area contributed by atoms with Gasteiger partial charge in [0.1, 0.15) is 0 Å². The highest BCUT2D eigenvalue weighted by Crippen LogP contribution is 2.24. The molecule has 2 N–H and O–H groups in total. The standard InChI is InChI=1S/C20H32N4O2.HI/c1-3-21-19(23-16-20(2)9-6-12-26-20)22-15-17-7-4-5-8-18(17)24-10-13-25-14-11-24;/h4-5,7-8H,3,6,9-16H2,1-2H3,(H2,21,22,23);1H. The lowest BCUT2D eigenvalue weighted by atomic mass is 10.0. The highest BCUT2D eigenvalue weighted by Gasteiger charge is 2.29. The molecule has 27 heavy (non-hydrogen) atoms. The topological polar surface area (TPSA) is 58.1 Å². The van der Waals surface area contributed by atoms with Crippen LogP contribution in [-0.2, 0) is 16.0 Å². The van der Waals surface area contributed by atoms with Gasteiger partial charge in [0.25, 0.3) is 0 Å². The Balaban J connectivity index is 0.00000261. The van der Waals surface area contributed by atoms with E-state index in [1.807, 2.05) is 0 Å². The number of anilines is 1. The van der Waals surface area contributed by atoms with Crippen LogP contribution in [0.25, 0.3) is 0 Å². The van der Waals surface area contributed by atoms with Crippen molar-refractivity contribution in [1.29, 1.82) is 0 Å². The summed E-state index contributed by atoms with van der Waals surface area (Å²) in [6.45, 7) is 10.9. The quantitative estimate of drug-likeness (QED) is 0.367. The fraction of sp³-hybridized carbons (Fsp3) is 0.650. The SMILES string of the molecule is CCNC(=NCc1ccccc1N1CCOCC1)NCC1(C)CCCO1.I. The van der Waals surface area contributed by atoms with Gasteiger partial charge in [-0.1, -0.05) is 18.2 Å². The molecule has 7 heteroatoms. The molecule has 0 saturated carbocycles. The van der Waals surface area contributed by atoms with Crippen LogP contribution >= 0.6 is 24.0 Å². The summed E-state index contributed by atoms with van der Waals surface area (Å²) in [5.41, 5.74) is 2.43. The van der Waals surface area contributed by atoms with Crippen molar-refractivity contribution in [3.8, 4) is 0 Å². The summed E-state index contributed by atoms with van der Waals surface area (Å²) in [7, 11) is 0. The van der Waals surface area contributed by atoms with Gasteiger partial charge >= 0.3 is 0 Å². The third-order valence-corrected chi connectivity index (χ3v) is 5.03. The summed E-state index contributed by atoms with van der Waals surface area (Å²) in [4.78, 5) is 7.20. The van der Waals surface area contributed by atoms with E-state index in [0.29, 0.717) is 6.54 Å². The van der Waals surface area contributed by atoms with Crippen LogP contribution in [0.2, 0.25) is 0 Å². The minimum Gasteiger partial charge on any atom is -0.378 e. The lowest BCUT2D eigenvalue weighted by Gasteiger charge is -2.30. The molecule has 0 bridgehead atoms. The second-order valence-electron chi connectivity index (χ2n) is 7.18. The van der Waals surface area contributed by atoms with Crippen LogP contribution in [0.1, 0.15) is 32.3 Å². The van der Waals surface area contributed by atoms with Crippen molar-refractivity contribution >= 4 is 35.6 Å². The van der Waals surface area contributed by atoms with Gasteiger partial charge in [-0.2, -0.15) is 0 Å². The minimum atomic E-state index is -0.0814. The maximum atomic E-state index is 5.87. The maximum Gasteiger partial charge on any atom is 0.191 e. The number of hydrogen-bond acceptors (Lipinski definition) is 4. The van der Waals surface area contributed by atoms with Gasteiger partial charge in [-0.25, -0.2) is 4.99 Å². The van der Waals surface area contributed by atoms with Crippen LogP contribution in [0.5, 0.6) is 0 Å². The molecule has 2 saturated heterocycles. The van der Waals surface area contributed by atoms with Gasteiger partial charge in [0.2, 0.25) is 0 Å². The Bertz CT molecular complexity index is 599. The van der Waals surface area contributed by atoms with Crippen LogP contribution in [-0.4, -0.2) is 57.6 Å². The van der Waals surface area contributed by atoms with Crippen LogP contribution in [0.3, 0.4) is 0 Å². The number of aliphatic imine (C=N–C) groups is 1. The molecule has 1 unspecified atom stereocenters. The molecule has 0 aromatic heterocycles. The molecule has 2 heterocycles. The number of nitrogens with zero attached hydrogens (tertiary/aromatic N) is 2. The number of nitrogens with one attached hydrogen (secondary N) is 2. The van der Waals surface area contributed by atoms with Gasteiger partial charge in [-0.3, -0.25) is 0 Å². The summed E-state index contributed by atoms with van der Waals surface area (Å²) in [5, 5.41) is 6.80. The van der Waals surface area contributed by atoms with E-state index in [0.717, 1.165) is 64.8 Å². The predicted molar refractivity (Wildman–Crippen MR) is 121 cm³/mol. The maximum absolute atomic E-state index is 5.87. The van der Waals surface area contributed by atoms with Crippen molar-refractivity contribution in [2.24, 2.45) is 4.99 Å². The normalized spacial score (nSPS) is 23.0. The molecule has 152 valence electrons. The smallest absolute Gasteiger partial charge is 0.191 e. The van der Waals surface area contributed by atoms with E-state index in [4.69, 9.17) is 14.5 Å². The van der Waals surface area contributed by atoms with Crippen molar-refractivity contribution in [2.45, 2.75) is 38.8 Å². The molecular weight excluding hydrogens is 455 g/mol. The first-order chi connectivity index (χ1) is 12.7. The molecule has 1 aromatic carbocycles. The zero-order valence-electron chi connectivity index (χ0n) is 16.5. The summed E-state index contributed by atoms with van der Waals surface area (Å²) < 4.78 is 11.3. The first-order valence-electron chi connectivity index (χ1n) is 9.77. The number of morpholine rings is 1. The van der Waals surface area contributed by atoms with Gasteiger partial charge in [0, 0.05) is 38.5 Å². The highest BCUT2D eigenvalue weighted by molar-refractivity contribution is 14.0. The van der Waals surface area contributed by atoms with Crippen LogP contribution in [0.4, 0.5) is 5.69 Å². The largest absolute Gasteiger partial charge is 0.378 e. The van der Waals surface area contributed by atoms with E-state index in [-0.39, 0.29) is 29.6 Å². The number of rotatable bonds is 6. The van der Waals surface area contributed by atoms with Crippen LogP contribution < -0.4 is 15.5 Å². The summed E-state index contributed by atoms with van der Waals surface area (Å²) in [5.74, 6) is 0.848. The van der Waals surface area contributed by atoms with E-state index >= 15 is 0 Å². The first-order valence-corrected chi connectivity index (χ1v) is 9.77. The molecule has 0 amide bonds. The molecular formula is C20H33IN4O2. The van der Waals surface area contributed by atoms with Gasteiger partial charge in [0.15, 0.2) is 5.96 Å². The van der Waals surface area contributed by atoms with E-state index in [9.17, 15) is 0 Å². The molecule has 0 spiro atoms. The molecule has 2 fully saturated rings. The lowest BCUT2D eigenvalue weighted by Crippen LogP contribution is -2.45. The molecule has 0 radical (unpaired) electrons. The number of benzene rings is 1. The Kier molecular flexibility index (Phi) is 9.11. The van der Waals surface area contributed by atoms with E-state index in [1.165, 1.54) is 11.3 Å². The zero-order chi connectivity index (χ0) is 18.2. The Morgan fingerprint density at radius 3 is 2.67 bits per heavy atom. The Morgan fingerprint density at radius 2 is 1.96 bits per heavy atom. The van der Waals surface area contributed by atoms with E-state index < -0.39 is 0 Å². The average Bonchev–Trinajstić information content (AvgIpc) is 3.12. The Morgan fingerprint density at radius 1 is 1.19 bits per heavy atom. The molecule has 2 aliphatic heterocycles. The lowest BCUT2D eigenvalue weighted by molar-refractivity contribution is 0.0243. The second-order valence-corrected chi connectivity index (χ2v) is 7.18. The Hall–Kier alpha value is -1.06. The molecule has 1 aromatic rings. The van der Waals surface area contributed by atoms with Crippen LogP contribution in [0.15, 0.2) is 29.3 Å². The fourth-order valence-corrected chi connectivity index (χ4v) is 3.51. The van der Waals surface area contributed by atoms with Gasteiger partial charge in [-0.15, -0.1) is 24.0 Å². The fourth-order valence-electron chi connectivity index (χ4n) is 3.51. The van der Waals surface area contributed by atoms with E-state index in [2.05, 4.69) is 53.6 Å². The minimum absolute atomic E-state index is 0. The number of guanidine groups is 1.